The average molecular weight is 313 g/mol. The van der Waals surface area contributed by atoms with Gasteiger partial charge in [0.25, 0.3) is 5.56 Å². The highest BCUT2D eigenvalue weighted by atomic mass is 19.1. The van der Waals surface area contributed by atoms with E-state index >= 15 is 4.39 Å². The molecule has 1 aromatic heterocycles. The summed E-state index contributed by atoms with van der Waals surface area (Å²) < 4.78 is 21.4. The average Bonchev–Trinajstić information content (AvgIpc) is 2.72. The van der Waals surface area contributed by atoms with Crippen molar-refractivity contribution in [3.63, 3.8) is 0 Å². The Balaban J connectivity index is 2.59. The van der Waals surface area contributed by atoms with Crippen molar-refractivity contribution in [1.29, 1.82) is 0 Å². The van der Waals surface area contributed by atoms with Crippen LogP contribution in [0.25, 0.3) is 0 Å². The fourth-order valence-corrected chi connectivity index (χ4v) is 2.56. The summed E-state index contributed by atoms with van der Waals surface area (Å²) >= 11 is 0. The summed E-state index contributed by atoms with van der Waals surface area (Å²) in [4.78, 5) is 24.8. The Hall–Kier alpha value is -2.02. The van der Waals surface area contributed by atoms with Crippen LogP contribution in [0.1, 0.15) is 20.1 Å². The number of hydrogen-bond acceptors (Lipinski definition) is 6. The Kier molecular flexibility index (Phi) is 4.46. The molecule has 3 N–H and O–H groups in total. The maximum Gasteiger partial charge on any atom is 0.347 e. The standard InChI is InChI=1S/C13H16FN3O5/c1-3-4-13(14)8(6-18)10(7(2)19)22-11(13)17-12(21)16-9(20)5-15-17/h5,7-8,10-11,18-19H,6H2,1-2H3,(H,16,20,21)/t7-,8?,10+,11+,13?/m0/s1. The molecule has 1 saturated heterocycles. The highest BCUT2D eigenvalue weighted by Crippen LogP contribution is 2.45. The quantitative estimate of drug-likeness (QED) is 0.588. The van der Waals surface area contributed by atoms with Crippen molar-refractivity contribution in [3.8, 4) is 11.8 Å². The molecule has 8 nitrogen and oxygen atoms in total. The number of halogens is 1. The van der Waals surface area contributed by atoms with Gasteiger partial charge in [-0.25, -0.2) is 9.18 Å². The number of H-pyrrole nitrogens is 1. The van der Waals surface area contributed by atoms with Crippen molar-refractivity contribution in [3.05, 3.63) is 27.0 Å². The number of aromatic amines is 1. The van der Waals surface area contributed by atoms with Gasteiger partial charge in [0.15, 0.2) is 0 Å². The second-order valence-electron chi connectivity index (χ2n) is 5.01. The number of aromatic nitrogens is 3. The number of alkyl halides is 1. The van der Waals surface area contributed by atoms with E-state index in [-0.39, 0.29) is 0 Å². The molecule has 0 saturated carbocycles. The molecule has 1 aliphatic rings. The van der Waals surface area contributed by atoms with Crippen LogP contribution in [0.2, 0.25) is 0 Å². The van der Waals surface area contributed by atoms with Crippen molar-refractivity contribution in [1.82, 2.24) is 14.8 Å². The fourth-order valence-electron chi connectivity index (χ4n) is 2.56. The maximum absolute atomic E-state index is 15.4. The van der Waals surface area contributed by atoms with Gasteiger partial charge in [-0.3, -0.25) is 9.78 Å². The summed E-state index contributed by atoms with van der Waals surface area (Å²) in [5.41, 5.74) is -4.16. The van der Waals surface area contributed by atoms with E-state index in [2.05, 4.69) is 16.9 Å². The van der Waals surface area contributed by atoms with Gasteiger partial charge in [-0.2, -0.15) is 9.78 Å². The maximum atomic E-state index is 15.4. The van der Waals surface area contributed by atoms with Gasteiger partial charge in [0, 0.05) is 0 Å². The third-order valence-electron chi connectivity index (χ3n) is 3.53. The Bertz CT molecular complexity index is 719. The molecule has 1 aliphatic heterocycles. The number of nitrogens with one attached hydrogen (secondary N) is 1. The first kappa shape index (κ1) is 16.4. The topological polar surface area (TPSA) is 117 Å². The molecule has 9 heteroatoms. The summed E-state index contributed by atoms with van der Waals surface area (Å²) in [6.45, 7) is 2.12. The molecule has 0 aliphatic carbocycles. The Morgan fingerprint density at radius 1 is 1.64 bits per heavy atom. The second kappa shape index (κ2) is 6.00. The summed E-state index contributed by atoms with van der Waals surface area (Å²) in [6, 6.07) is 0. The number of nitrogens with zero attached hydrogens (tertiary/aromatic N) is 2. The predicted molar refractivity (Wildman–Crippen MR) is 72.6 cm³/mol. The molecule has 2 unspecified atom stereocenters. The first-order valence-corrected chi connectivity index (χ1v) is 6.60. The lowest BCUT2D eigenvalue weighted by Crippen LogP contribution is -2.45. The SMILES string of the molecule is CC#CC1(F)C(CO)[C@@H]([C@H](C)O)O[C@H]1n1ncc(=O)[nH]c1=O. The van der Waals surface area contributed by atoms with Crippen molar-refractivity contribution in [2.45, 2.75) is 38.0 Å². The zero-order valence-electron chi connectivity index (χ0n) is 12.0. The highest BCUT2D eigenvalue weighted by Gasteiger charge is 2.59. The number of ether oxygens (including phenoxy) is 1. The van der Waals surface area contributed by atoms with E-state index in [0.29, 0.717) is 4.68 Å². The van der Waals surface area contributed by atoms with E-state index in [0.717, 1.165) is 6.20 Å². The molecule has 1 fully saturated rings. The molecule has 5 atom stereocenters. The minimum absolute atomic E-state index is 0.608. The molecule has 0 spiro atoms. The van der Waals surface area contributed by atoms with Gasteiger partial charge in [0.1, 0.15) is 6.20 Å². The van der Waals surface area contributed by atoms with Gasteiger partial charge >= 0.3 is 5.69 Å². The molecule has 2 rings (SSSR count). The zero-order valence-corrected chi connectivity index (χ0v) is 12.0. The highest BCUT2D eigenvalue weighted by molar-refractivity contribution is 5.21. The number of rotatable bonds is 3. The summed E-state index contributed by atoms with van der Waals surface area (Å²) in [7, 11) is 0. The largest absolute Gasteiger partial charge is 0.396 e. The van der Waals surface area contributed by atoms with E-state index in [1.54, 1.807) is 0 Å². The van der Waals surface area contributed by atoms with E-state index in [9.17, 15) is 19.8 Å². The van der Waals surface area contributed by atoms with Crippen LogP contribution in [0, 0.1) is 17.8 Å². The van der Waals surface area contributed by atoms with E-state index in [1.165, 1.54) is 13.8 Å². The van der Waals surface area contributed by atoms with Gasteiger partial charge in [-0.1, -0.05) is 5.92 Å². The number of aliphatic hydroxyl groups excluding tert-OH is 2. The lowest BCUT2D eigenvalue weighted by molar-refractivity contribution is -0.0818. The van der Waals surface area contributed by atoms with Gasteiger partial charge in [-0.05, 0) is 13.8 Å². The van der Waals surface area contributed by atoms with Crippen molar-refractivity contribution < 1.29 is 19.3 Å². The first-order chi connectivity index (χ1) is 10.3. The molecule has 2 heterocycles. The molecular weight excluding hydrogens is 297 g/mol. The molecule has 0 bridgehead atoms. The van der Waals surface area contributed by atoms with E-state index in [4.69, 9.17) is 4.74 Å². The van der Waals surface area contributed by atoms with Crippen LogP contribution in [0.5, 0.6) is 0 Å². The van der Waals surface area contributed by atoms with Gasteiger partial charge in [0.2, 0.25) is 11.9 Å². The number of aliphatic hydroxyl groups is 2. The fraction of sp³-hybridized carbons (Fsp3) is 0.615. The van der Waals surface area contributed by atoms with E-state index in [1.807, 2.05) is 4.98 Å². The molecule has 0 amide bonds. The summed E-state index contributed by atoms with van der Waals surface area (Å²) in [5.74, 6) is 3.51. The Morgan fingerprint density at radius 3 is 2.82 bits per heavy atom. The van der Waals surface area contributed by atoms with Crippen LogP contribution in [-0.2, 0) is 4.74 Å². The van der Waals surface area contributed by atoms with Crippen LogP contribution >= 0.6 is 0 Å². The van der Waals surface area contributed by atoms with Crippen molar-refractivity contribution in [2.75, 3.05) is 6.61 Å². The molecule has 22 heavy (non-hydrogen) atoms. The monoisotopic (exact) mass is 313 g/mol. The normalized spacial score (nSPS) is 32.3. The third kappa shape index (κ3) is 2.56. The lowest BCUT2D eigenvalue weighted by Gasteiger charge is -2.25. The van der Waals surface area contributed by atoms with Crippen molar-refractivity contribution >= 4 is 0 Å². The molecule has 1 aromatic rings. The predicted octanol–water partition coefficient (Wildman–Crippen LogP) is -1.45. The minimum atomic E-state index is -2.44. The second-order valence-corrected chi connectivity index (χ2v) is 5.01. The molecule has 0 aromatic carbocycles. The minimum Gasteiger partial charge on any atom is -0.396 e. The molecule has 0 radical (unpaired) electrons. The molecule has 120 valence electrons. The van der Waals surface area contributed by atoms with Crippen LogP contribution in [-0.4, -0.2) is 49.5 Å². The van der Waals surface area contributed by atoms with Crippen LogP contribution in [0.4, 0.5) is 4.39 Å². The van der Waals surface area contributed by atoms with Gasteiger partial charge in [0.05, 0.1) is 24.7 Å². The first-order valence-electron chi connectivity index (χ1n) is 6.60. The van der Waals surface area contributed by atoms with Crippen LogP contribution < -0.4 is 11.2 Å². The molecular formula is C13H16FN3O5. The smallest absolute Gasteiger partial charge is 0.347 e. The summed E-state index contributed by atoms with van der Waals surface area (Å²) in [6.07, 6.45) is -2.98. The van der Waals surface area contributed by atoms with Crippen LogP contribution in [0.3, 0.4) is 0 Å². The third-order valence-corrected chi connectivity index (χ3v) is 3.53. The van der Waals surface area contributed by atoms with Gasteiger partial charge < -0.3 is 14.9 Å². The van der Waals surface area contributed by atoms with Crippen LogP contribution in [0.15, 0.2) is 15.8 Å². The van der Waals surface area contributed by atoms with Gasteiger partial charge in [-0.15, -0.1) is 5.92 Å². The van der Waals surface area contributed by atoms with E-state index < -0.39 is 47.9 Å². The summed E-state index contributed by atoms with van der Waals surface area (Å²) in [5, 5.41) is 22.7. The lowest BCUT2D eigenvalue weighted by atomic mass is 9.85. The van der Waals surface area contributed by atoms with Crippen molar-refractivity contribution in [2.24, 2.45) is 5.92 Å². The Labute approximate surface area is 124 Å². The number of hydrogen-bond donors (Lipinski definition) is 3. The zero-order chi connectivity index (χ0) is 16.5. The Morgan fingerprint density at radius 2 is 2.32 bits per heavy atom.